The van der Waals surface area contributed by atoms with E-state index in [4.69, 9.17) is 0 Å². The number of fused-ring (bicyclic) bond motifs is 1. The summed E-state index contributed by atoms with van der Waals surface area (Å²) in [7, 11) is 0. The highest BCUT2D eigenvalue weighted by molar-refractivity contribution is 9.10. The molecule has 1 aliphatic heterocycles. The molecule has 0 fully saturated rings. The van der Waals surface area contributed by atoms with E-state index in [9.17, 15) is 9.59 Å². The molecule has 1 aliphatic rings. The van der Waals surface area contributed by atoms with E-state index in [1.807, 2.05) is 48.5 Å². The van der Waals surface area contributed by atoms with E-state index in [1.54, 1.807) is 0 Å². The van der Waals surface area contributed by atoms with E-state index in [-0.39, 0.29) is 17.7 Å². The topological polar surface area (TPSA) is 58.2 Å². The van der Waals surface area contributed by atoms with Crippen molar-refractivity contribution >= 4 is 33.4 Å². The molecule has 1 unspecified atom stereocenters. The van der Waals surface area contributed by atoms with E-state index >= 15 is 0 Å². The van der Waals surface area contributed by atoms with Gasteiger partial charge in [0.15, 0.2) is 0 Å². The SMILES string of the molecule is O=C(CCC1Cc2ccccc2NC1=O)NCc1cccc(Br)c1. The molecule has 0 saturated carbocycles. The van der Waals surface area contributed by atoms with Gasteiger partial charge in [0.05, 0.1) is 0 Å². The monoisotopic (exact) mass is 386 g/mol. The van der Waals surface area contributed by atoms with E-state index in [2.05, 4.69) is 26.6 Å². The van der Waals surface area contributed by atoms with Crippen LogP contribution in [0.3, 0.4) is 0 Å². The summed E-state index contributed by atoms with van der Waals surface area (Å²) in [6.45, 7) is 0.498. The molecule has 1 atom stereocenters. The van der Waals surface area contributed by atoms with Crippen molar-refractivity contribution in [1.82, 2.24) is 5.32 Å². The van der Waals surface area contributed by atoms with Crippen molar-refractivity contribution in [2.45, 2.75) is 25.8 Å². The Kier molecular flexibility index (Phi) is 5.30. The Hall–Kier alpha value is -2.14. The zero-order chi connectivity index (χ0) is 16.9. The lowest BCUT2D eigenvalue weighted by molar-refractivity contribution is -0.122. The summed E-state index contributed by atoms with van der Waals surface area (Å²) in [5.41, 5.74) is 3.07. The average Bonchev–Trinajstić information content (AvgIpc) is 2.58. The number of halogens is 1. The van der Waals surface area contributed by atoms with Crippen LogP contribution < -0.4 is 10.6 Å². The summed E-state index contributed by atoms with van der Waals surface area (Å²) in [4.78, 5) is 24.2. The largest absolute Gasteiger partial charge is 0.352 e. The van der Waals surface area contributed by atoms with Crippen LogP contribution in [0, 0.1) is 5.92 Å². The first-order chi connectivity index (χ1) is 11.6. The molecule has 2 amide bonds. The van der Waals surface area contributed by atoms with Gasteiger partial charge in [-0.1, -0.05) is 46.3 Å². The smallest absolute Gasteiger partial charge is 0.227 e. The molecule has 0 saturated heterocycles. The van der Waals surface area contributed by atoms with Gasteiger partial charge < -0.3 is 10.6 Å². The summed E-state index contributed by atoms with van der Waals surface area (Å²) in [5.74, 6) is -0.161. The number of nitrogens with one attached hydrogen (secondary N) is 2. The number of para-hydroxylation sites is 1. The van der Waals surface area contributed by atoms with Gasteiger partial charge in [0.2, 0.25) is 11.8 Å². The molecule has 0 radical (unpaired) electrons. The first kappa shape index (κ1) is 16.7. The first-order valence-electron chi connectivity index (χ1n) is 8.02. The minimum atomic E-state index is -0.142. The summed E-state index contributed by atoms with van der Waals surface area (Å²) in [6, 6.07) is 15.7. The van der Waals surface area contributed by atoms with Crippen molar-refractivity contribution in [1.29, 1.82) is 0 Å². The fourth-order valence-corrected chi connectivity index (χ4v) is 3.33. The summed E-state index contributed by atoms with van der Waals surface area (Å²) < 4.78 is 0.992. The zero-order valence-electron chi connectivity index (χ0n) is 13.2. The number of hydrogen-bond acceptors (Lipinski definition) is 2. The second-order valence-corrected chi connectivity index (χ2v) is 6.91. The van der Waals surface area contributed by atoms with Gasteiger partial charge in [-0.25, -0.2) is 0 Å². The Morgan fingerprint density at radius 2 is 2.04 bits per heavy atom. The van der Waals surface area contributed by atoms with Gasteiger partial charge in [-0.3, -0.25) is 9.59 Å². The van der Waals surface area contributed by atoms with E-state index in [1.165, 1.54) is 0 Å². The lowest BCUT2D eigenvalue weighted by Crippen LogP contribution is -2.31. The number of rotatable bonds is 5. The molecule has 0 aromatic heterocycles. The highest BCUT2D eigenvalue weighted by Gasteiger charge is 2.26. The van der Waals surface area contributed by atoms with Gasteiger partial charge in [0, 0.05) is 29.0 Å². The molecule has 2 N–H and O–H groups in total. The average molecular weight is 387 g/mol. The van der Waals surface area contributed by atoms with Gasteiger partial charge in [0.1, 0.15) is 0 Å². The van der Waals surface area contributed by atoms with Crippen LogP contribution in [0.15, 0.2) is 53.0 Å². The molecule has 4 nitrogen and oxygen atoms in total. The van der Waals surface area contributed by atoms with Crippen molar-refractivity contribution in [3.63, 3.8) is 0 Å². The highest BCUT2D eigenvalue weighted by atomic mass is 79.9. The molecule has 3 rings (SSSR count). The Balaban J connectivity index is 1.49. The number of hydrogen-bond donors (Lipinski definition) is 2. The van der Waals surface area contributed by atoms with Gasteiger partial charge in [-0.2, -0.15) is 0 Å². The second kappa shape index (κ2) is 7.62. The van der Waals surface area contributed by atoms with Crippen LogP contribution in [0.2, 0.25) is 0 Å². The lowest BCUT2D eigenvalue weighted by Gasteiger charge is -2.24. The van der Waals surface area contributed by atoms with Crippen molar-refractivity contribution in [3.05, 3.63) is 64.1 Å². The Morgan fingerprint density at radius 1 is 1.21 bits per heavy atom. The Labute approximate surface area is 149 Å². The molecule has 124 valence electrons. The Bertz CT molecular complexity index is 761. The minimum Gasteiger partial charge on any atom is -0.352 e. The van der Waals surface area contributed by atoms with Crippen LogP contribution in [-0.2, 0) is 22.6 Å². The number of carbonyl (C=O) groups excluding carboxylic acids is 2. The zero-order valence-corrected chi connectivity index (χ0v) is 14.8. The van der Waals surface area contributed by atoms with Crippen LogP contribution in [0.25, 0.3) is 0 Å². The first-order valence-corrected chi connectivity index (χ1v) is 8.81. The van der Waals surface area contributed by atoms with Crippen molar-refractivity contribution in [2.75, 3.05) is 5.32 Å². The van der Waals surface area contributed by atoms with Crippen molar-refractivity contribution < 1.29 is 9.59 Å². The van der Waals surface area contributed by atoms with Crippen LogP contribution in [0.5, 0.6) is 0 Å². The van der Waals surface area contributed by atoms with Crippen LogP contribution in [0.1, 0.15) is 24.0 Å². The predicted octanol–water partition coefficient (Wildman–Crippen LogP) is 3.66. The molecule has 0 spiro atoms. The third-order valence-electron chi connectivity index (χ3n) is 4.21. The number of carbonyl (C=O) groups is 2. The van der Waals surface area contributed by atoms with E-state index in [0.29, 0.717) is 25.8 Å². The second-order valence-electron chi connectivity index (χ2n) is 5.99. The number of amides is 2. The molecule has 2 aromatic rings. The van der Waals surface area contributed by atoms with Crippen LogP contribution in [-0.4, -0.2) is 11.8 Å². The highest BCUT2D eigenvalue weighted by Crippen LogP contribution is 2.27. The van der Waals surface area contributed by atoms with E-state index in [0.717, 1.165) is 21.3 Å². The van der Waals surface area contributed by atoms with Crippen molar-refractivity contribution in [3.8, 4) is 0 Å². The molecule has 2 aromatic carbocycles. The third-order valence-corrected chi connectivity index (χ3v) is 4.70. The quantitative estimate of drug-likeness (QED) is 0.823. The van der Waals surface area contributed by atoms with Crippen LogP contribution >= 0.6 is 15.9 Å². The van der Waals surface area contributed by atoms with Gasteiger partial charge in [-0.15, -0.1) is 0 Å². The maximum Gasteiger partial charge on any atom is 0.227 e. The molecule has 0 aliphatic carbocycles. The molecule has 1 heterocycles. The predicted molar refractivity (Wildman–Crippen MR) is 97.5 cm³/mol. The maximum absolute atomic E-state index is 12.1. The third kappa shape index (κ3) is 4.23. The van der Waals surface area contributed by atoms with Crippen molar-refractivity contribution in [2.24, 2.45) is 5.92 Å². The fraction of sp³-hybridized carbons (Fsp3) is 0.263. The lowest BCUT2D eigenvalue weighted by atomic mass is 9.89. The molecule has 24 heavy (non-hydrogen) atoms. The van der Waals surface area contributed by atoms with Crippen LogP contribution in [0.4, 0.5) is 5.69 Å². The molecular weight excluding hydrogens is 368 g/mol. The summed E-state index contributed by atoms with van der Waals surface area (Å²) in [6.07, 6.45) is 1.61. The maximum atomic E-state index is 12.1. The normalized spacial score (nSPS) is 16.2. The molecule has 0 bridgehead atoms. The molecular formula is C19H19BrN2O2. The van der Waals surface area contributed by atoms with Gasteiger partial charge in [-0.05, 0) is 42.2 Å². The number of anilines is 1. The van der Waals surface area contributed by atoms with Gasteiger partial charge >= 0.3 is 0 Å². The van der Waals surface area contributed by atoms with E-state index < -0.39 is 0 Å². The Morgan fingerprint density at radius 3 is 2.88 bits per heavy atom. The number of benzene rings is 2. The molecule has 5 heteroatoms. The minimum absolute atomic E-state index is 0.00786. The van der Waals surface area contributed by atoms with Gasteiger partial charge in [0.25, 0.3) is 0 Å². The summed E-state index contributed by atoms with van der Waals surface area (Å²) in [5, 5.41) is 5.83. The fourth-order valence-electron chi connectivity index (χ4n) is 2.89. The standard InChI is InChI=1S/C19H19BrN2O2/c20-16-6-3-4-13(10-16)12-21-18(23)9-8-15-11-14-5-1-2-7-17(14)22-19(15)24/h1-7,10,15H,8-9,11-12H2,(H,21,23)(H,22,24). The summed E-state index contributed by atoms with van der Waals surface area (Å²) >= 11 is 3.41.